The van der Waals surface area contributed by atoms with E-state index < -0.39 is 23.9 Å². The molecule has 0 bridgehead atoms. The molecule has 0 aromatic heterocycles. The van der Waals surface area contributed by atoms with Crippen molar-refractivity contribution in [3.05, 3.63) is 12.7 Å². The average Bonchev–Trinajstić information content (AvgIpc) is 1.80. The van der Waals surface area contributed by atoms with Crippen LogP contribution in [0.1, 0.15) is 0 Å². The Balaban J connectivity index is 4.77. The zero-order chi connectivity index (χ0) is 11.6. The van der Waals surface area contributed by atoms with Crippen molar-refractivity contribution in [3.8, 4) is 0 Å². The van der Waals surface area contributed by atoms with Crippen LogP contribution in [0.4, 0.5) is 13.2 Å². The first-order chi connectivity index (χ1) is 6.02. The molecule has 0 aliphatic carbocycles. The molecule has 0 aromatic carbocycles. The molecule has 0 spiro atoms. The standard InChI is InChI=1S/C6H11F3O3SSi/c1-4-5-14(2,3)12-13(10,11)6(7,8)9/h4H,1,5H2,2-3H3. The summed E-state index contributed by atoms with van der Waals surface area (Å²) in [5, 5.41) is 0. The monoisotopic (exact) mass is 248 g/mol. The normalized spacial score (nSPS) is 14.1. The van der Waals surface area contributed by atoms with Gasteiger partial charge in [0, 0.05) is 0 Å². The van der Waals surface area contributed by atoms with Gasteiger partial charge in [0.15, 0.2) is 0 Å². The molecule has 14 heavy (non-hydrogen) atoms. The van der Waals surface area contributed by atoms with Gasteiger partial charge >= 0.3 is 15.6 Å². The maximum Gasteiger partial charge on any atom is 0.522 e. The number of allylic oxidation sites excluding steroid dienone is 1. The number of alkyl halides is 3. The lowest BCUT2D eigenvalue weighted by Gasteiger charge is -2.21. The van der Waals surface area contributed by atoms with Crippen LogP contribution in [-0.4, -0.2) is 22.2 Å². The van der Waals surface area contributed by atoms with Crippen LogP contribution >= 0.6 is 0 Å². The molecule has 0 aliphatic rings. The van der Waals surface area contributed by atoms with E-state index in [2.05, 4.69) is 10.5 Å². The van der Waals surface area contributed by atoms with Crippen LogP contribution in [0.2, 0.25) is 19.1 Å². The van der Waals surface area contributed by atoms with Gasteiger partial charge in [-0.25, -0.2) is 0 Å². The summed E-state index contributed by atoms with van der Waals surface area (Å²) in [5.41, 5.74) is -5.35. The summed E-state index contributed by atoms with van der Waals surface area (Å²) in [5.74, 6) is 0. The molecule has 0 aromatic rings. The largest absolute Gasteiger partial charge is 0.522 e. The first-order valence-electron chi connectivity index (χ1n) is 3.65. The van der Waals surface area contributed by atoms with Gasteiger partial charge in [0.05, 0.1) is 0 Å². The molecule has 0 aliphatic heterocycles. The second-order valence-electron chi connectivity index (χ2n) is 3.24. The van der Waals surface area contributed by atoms with Gasteiger partial charge in [-0.1, -0.05) is 6.08 Å². The highest BCUT2D eigenvalue weighted by Crippen LogP contribution is 2.28. The quantitative estimate of drug-likeness (QED) is 0.435. The average molecular weight is 248 g/mol. The van der Waals surface area contributed by atoms with Gasteiger partial charge in [-0.15, -0.1) is 6.58 Å². The second kappa shape index (κ2) is 4.03. The predicted octanol–water partition coefficient (Wildman–Crippen LogP) is 2.24. The fourth-order valence-electron chi connectivity index (χ4n) is 0.726. The molecular weight excluding hydrogens is 237 g/mol. The van der Waals surface area contributed by atoms with Crippen molar-refractivity contribution in [3.63, 3.8) is 0 Å². The van der Waals surface area contributed by atoms with Gasteiger partial charge in [-0.3, -0.25) is 0 Å². The molecule has 0 unspecified atom stereocenters. The van der Waals surface area contributed by atoms with Crippen LogP contribution in [0.15, 0.2) is 12.7 Å². The molecular formula is C6H11F3O3SSi. The molecule has 0 amide bonds. The van der Waals surface area contributed by atoms with E-state index in [9.17, 15) is 21.6 Å². The predicted molar refractivity (Wildman–Crippen MR) is 48.5 cm³/mol. The Morgan fingerprint density at radius 1 is 1.43 bits per heavy atom. The molecule has 0 radical (unpaired) electrons. The lowest BCUT2D eigenvalue weighted by Crippen LogP contribution is -2.38. The minimum absolute atomic E-state index is 0.141. The van der Waals surface area contributed by atoms with Crippen LogP contribution in [0.25, 0.3) is 0 Å². The molecule has 0 saturated carbocycles. The Labute approximate surface area is 81.8 Å². The molecule has 84 valence electrons. The highest BCUT2D eigenvalue weighted by molar-refractivity contribution is 7.88. The Morgan fingerprint density at radius 2 is 1.86 bits per heavy atom. The summed E-state index contributed by atoms with van der Waals surface area (Å²) in [6.07, 6.45) is 1.35. The zero-order valence-corrected chi connectivity index (χ0v) is 9.57. The molecule has 0 atom stereocenters. The van der Waals surface area contributed by atoms with E-state index >= 15 is 0 Å². The molecule has 0 saturated heterocycles. The number of halogens is 3. The van der Waals surface area contributed by atoms with Crippen LogP contribution in [0.3, 0.4) is 0 Å². The second-order valence-corrected chi connectivity index (χ2v) is 9.20. The maximum absolute atomic E-state index is 11.9. The Hall–Kier alpha value is -0.343. The lowest BCUT2D eigenvalue weighted by molar-refractivity contribution is -0.0503. The van der Waals surface area contributed by atoms with Gasteiger partial charge in [-0.2, -0.15) is 21.6 Å². The van der Waals surface area contributed by atoms with Crippen molar-refractivity contribution in [2.24, 2.45) is 0 Å². The molecule has 0 N–H and O–H groups in total. The third-order valence-corrected chi connectivity index (χ3v) is 5.78. The van der Waals surface area contributed by atoms with Crippen LogP contribution in [-0.2, 0) is 14.0 Å². The molecule has 8 heteroatoms. The van der Waals surface area contributed by atoms with E-state index in [0.29, 0.717) is 0 Å². The third-order valence-electron chi connectivity index (χ3n) is 1.25. The summed E-state index contributed by atoms with van der Waals surface area (Å²) in [6, 6.07) is 0.141. The van der Waals surface area contributed by atoms with Crippen LogP contribution < -0.4 is 0 Å². The van der Waals surface area contributed by atoms with Gasteiger partial charge in [0.25, 0.3) is 0 Å². The highest BCUT2D eigenvalue weighted by Gasteiger charge is 2.49. The summed E-state index contributed by atoms with van der Waals surface area (Å²) < 4.78 is 61.0. The first-order valence-corrected chi connectivity index (χ1v) is 8.17. The van der Waals surface area contributed by atoms with Crippen molar-refractivity contribution in [1.82, 2.24) is 0 Å². The number of hydrogen-bond donors (Lipinski definition) is 0. The summed E-state index contributed by atoms with van der Waals surface area (Å²) in [4.78, 5) is 0. The molecule has 0 rings (SSSR count). The van der Waals surface area contributed by atoms with E-state index in [1.54, 1.807) is 0 Å². The van der Waals surface area contributed by atoms with E-state index in [1.165, 1.54) is 19.2 Å². The minimum atomic E-state index is -5.46. The van der Waals surface area contributed by atoms with E-state index in [4.69, 9.17) is 0 Å². The topological polar surface area (TPSA) is 43.4 Å². The Morgan fingerprint density at radius 3 is 2.14 bits per heavy atom. The first kappa shape index (κ1) is 13.7. The molecule has 0 heterocycles. The van der Waals surface area contributed by atoms with E-state index in [0.717, 1.165) is 0 Å². The van der Waals surface area contributed by atoms with E-state index in [-0.39, 0.29) is 6.04 Å². The van der Waals surface area contributed by atoms with E-state index in [1.807, 2.05) is 0 Å². The highest BCUT2D eigenvalue weighted by atomic mass is 32.2. The van der Waals surface area contributed by atoms with Gasteiger partial charge in [-0.05, 0) is 19.1 Å². The van der Waals surface area contributed by atoms with Crippen LogP contribution in [0, 0.1) is 0 Å². The van der Waals surface area contributed by atoms with Crippen molar-refractivity contribution in [2.45, 2.75) is 24.6 Å². The summed E-state index contributed by atoms with van der Waals surface area (Å²) >= 11 is 0. The minimum Gasteiger partial charge on any atom is -0.308 e. The smallest absolute Gasteiger partial charge is 0.308 e. The summed E-state index contributed by atoms with van der Waals surface area (Å²) in [6.45, 7) is 6.06. The Bertz CT molecular complexity index is 307. The fourth-order valence-corrected chi connectivity index (χ4v) is 4.45. The number of hydrogen-bond acceptors (Lipinski definition) is 3. The van der Waals surface area contributed by atoms with Crippen molar-refractivity contribution < 1.29 is 25.5 Å². The van der Waals surface area contributed by atoms with Gasteiger partial charge in [0.2, 0.25) is 8.32 Å². The maximum atomic E-state index is 11.9. The fraction of sp³-hybridized carbons (Fsp3) is 0.667. The van der Waals surface area contributed by atoms with Crippen LogP contribution in [0.5, 0.6) is 0 Å². The van der Waals surface area contributed by atoms with Gasteiger partial charge < -0.3 is 3.87 Å². The van der Waals surface area contributed by atoms with Crippen molar-refractivity contribution in [2.75, 3.05) is 0 Å². The lowest BCUT2D eigenvalue weighted by atomic mass is 10.8. The summed E-state index contributed by atoms with van der Waals surface area (Å²) in [7, 11) is -8.34. The zero-order valence-electron chi connectivity index (χ0n) is 7.76. The number of rotatable bonds is 4. The SMILES string of the molecule is C=CC[Si](C)(C)OS(=O)(=O)C(F)(F)F. The molecule has 0 fully saturated rings. The third kappa shape index (κ3) is 3.80. The van der Waals surface area contributed by atoms with Crippen molar-refractivity contribution >= 4 is 18.4 Å². The van der Waals surface area contributed by atoms with Crippen molar-refractivity contribution in [1.29, 1.82) is 0 Å². The van der Waals surface area contributed by atoms with Gasteiger partial charge in [0.1, 0.15) is 0 Å². The molecule has 3 nitrogen and oxygen atoms in total. The Kier molecular flexibility index (Phi) is 3.93.